The fraction of sp³-hybridized carbons (Fsp3) is 0.200. The van der Waals surface area contributed by atoms with Crippen LogP contribution in [0.15, 0.2) is 54.7 Å². The monoisotopic (exact) mass is 353 g/mol. The summed E-state index contributed by atoms with van der Waals surface area (Å²) < 4.78 is 19.9. The average Bonchev–Trinajstić information content (AvgIpc) is 3.04. The molecule has 0 aliphatic rings. The van der Waals surface area contributed by atoms with Gasteiger partial charge < -0.3 is 10.1 Å². The third-order valence-corrected chi connectivity index (χ3v) is 4.16. The van der Waals surface area contributed by atoms with E-state index in [0.29, 0.717) is 29.9 Å². The Morgan fingerprint density at radius 2 is 2.00 bits per heavy atom. The fourth-order valence-corrected chi connectivity index (χ4v) is 2.72. The van der Waals surface area contributed by atoms with Crippen LogP contribution in [0.3, 0.4) is 0 Å². The minimum atomic E-state index is -0.311. The standard InChI is InChI=1S/C20H20FN3O2/c1-14-19(13-23-24(14)17-8-6-16(21)7-9-17)20(25)22-11-10-15-4-3-5-18(12-15)26-2/h3-9,12-13H,10-11H2,1-2H3,(H,22,25). The van der Waals surface area contributed by atoms with E-state index < -0.39 is 0 Å². The third kappa shape index (κ3) is 3.91. The fourth-order valence-electron chi connectivity index (χ4n) is 2.72. The molecule has 6 heteroatoms. The minimum absolute atomic E-state index is 0.182. The average molecular weight is 353 g/mol. The number of carbonyl (C=O) groups is 1. The van der Waals surface area contributed by atoms with Crippen LogP contribution in [-0.4, -0.2) is 29.3 Å². The van der Waals surface area contributed by atoms with Crippen LogP contribution in [0.25, 0.3) is 5.69 Å². The molecule has 0 bridgehead atoms. The van der Waals surface area contributed by atoms with Gasteiger partial charge in [-0.1, -0.05) is 12.1 Å². The Hall–Kier alpha value is -3.15. The van der Waals surface area contributed by atoms with E-state index in [4.69, 9.17) is 4.74 Å². The van der Waals surface area contributed by atoms with E-state index in [1.54, 1.807) is 23.9 Å². The molecular weight excluding hydrogens is 333 g/mol. The minimum Gasteiger partial charge on any atom is -0.497 e. The van der Waals surface area contributed by atoms with Crippen molar-refractivity contribution >= 4 is 5.91 Å². The van der Waals surface area contributed by atoms with Gasteiger partial charge in [-0.3, -0.25) is 4.79 Å². The van der Waals surface area contributed by atoms with Crippen LogP contribution in [0, 0.1) is 12.7 Å². The highest BCUT2D eigenvalue weighted by molar-refractivity contribution is 5.95. The number of benzene rings is 2. The predicted octanol–water partition coefficient (Wildman–Crippen LogP) is 3.30. The van der Waals surface area contributed by atoms with Crippen molar-refractivity contribution in [3.63, 3.8) is 0 Å². The van der Waals surface area contributed by atoms with E-state index in [1.807, 2.05) is 31.2 Å². The lowest BCUT2D eigenvalue weighted by molar-refractivity contribution is 0.0953. The molecule has 2 aromatic carbocycles. The van der Waals surface area contributed by atoms with Crippen molar-refractivity contribution in [2.75, 3.05) is 13.7 Å². The van der Waals surface area contributed by atoms with Crippen LogP contribution in [0.5, 0.6) is 5.75 Å². The summed E-state index contributed by atoms with van der Waals surface area (Å²) in [5.74, 6) is 0.304. The van der Waals surface area contributed by atoms with Crippen LogP contribution in [0.4, 0.5) is 4.39 Å². The van der Waals surface area contributed by atoms with Gasteiger partial charge in [-0.25, -0.2) is 9.07 Å². The lowest BCUT2D eigenvalue weighted by atomic mass is 10.1. The van der Waals surface area contributed by atoms with Crippen LogP contribution in [-0.2, 0) is 6.42 Å². The second-order valence-electron chi connectivity index (χ2n) is 5.89. The highest BCUT2D eigenvalue weighted by Crippen LogP contribution is 2.15. The molecule has 26 heavy (non-hydrogen) atoms. The maximum atomic E-state index is 13.1. The maximum Gasteiger partial charge on any atom is 0.254 e. The summed E-state index contributed by atoms with van der Waals surface area (Å²) in [4.78, 5) is 12.4. The number of halogens is 1. The van der Waals surface area contributed by atoms with Crippen molar-refractivity contribution in [2.45, 2.75) is 13.3 Å². The first-order chi connectivity index (χ1) is 12.6. The molecule has 1 heterocycles. The Morgan fingerprint density at radius 3 is 2.73 bits per heavy atom. The molecule has 0 aliphatic heterocycles. The van der Waals surface area contributed by atoms with Crippen molar-refractivity contribution < 1.29 is 13.9 Å². The number of nitrogens with one attached hydrogen (secondary N) is 1. The molecule has 3 aromatic rings. The summed E-state index contributed by atoms with van der Waals surface area (Å²) in [6, 6.07) is 13.7. The van der Waals surface area contributed by atoms with Gasteiger partial charge in [-0.15, -0.1) is 0 Å². The predicted molar refractivity (Wildman–Crippen MR) is 97.3 cm³/mol. The first-order valence-corrected chi connectivity index (χ1v) is 8.30. The lowest BCUT2D eigenvalue weighted by Crippen LogP contribution is -2.26. The molecule has 0 saturated heterocycles. The van der Waals surface area contributed by atoms with Gasteiger partial charge in [0.1, 0.15) is 11.6 Å². The number of ether oxygens (including phenoxy) is 1. The van der Waals surface area contributed by atoms with Gasteiger partial charge in [0, 0.05) is 6.54 Å². The van der Waals surface area contributed by atoms with Crippen molar-refractivity contribution in [3.05, 3.63) is 77.4 Å². The van der Waals surface area contributed by atoms with Crippen LogP contribution < -0.4 is 10.1 Å². The molecule has 5 nitrogen and oxygen atoms in total. The number of hydrogen-bond donors (Lipinski definition) is 1. The van der Waals surface area contributed by atoms with Gasteiger partial charge in [-0.2, -0.15) is 5.10 Å². The smallest absolute Gasteiger partial charge is 0.254 e. The Balaban J connectivity index is 1.64. The number of carbonyl (C=O) groups excluding carboxylic acids is 1. The summed E-state index contributed by atoms with van der Waals surface area (Å²) >= 11 is 0. The van der Waals surface area contributed by atoms with Gasteiger partial charge in [0.2, 0.25) is 0 Å². The Labute approximate surface area is 151 Å². The van der Waals surface area contributed by atoms with Crippen LogP contribution >= 0.6 is 0 Å². The first-order valence-electron chi connectivity index (χ1n) is 8.30. The normalized spacial score (nSPS) is 10.6. The van der Waals surface area contributed by atoms with Crippen molar-refractivity contribution in [2.24, 2.45) is 0 Å². The molecule has 1 N–H and O–H groups in total. The van der Waals surface area contributed by atoms with Crippen molar-refractivity contribution in [1.29, 1.82) is 0 Å². The van der Waals surface area contributed by atoms with Gasteiger partial charge in [-0.05, 0) is 55.3 Å². The number of methoxy groups -OCH3 is 1. The molecule has 0 aliphatic carbocycles. The van der Waals surface area contributed by atoms with E-state index in [1.165, 1.54) is 18.3 Å². The quantitative estimate of drug-likeness (QED) is 0.740. The van der Waals surface area contributed by atoms with Crippen molar-refractivity contribution in [1.82, 2.24) is 15.1 Å². The molecule has 0 fully saturated rings. The summed E-state index contributed by atoms with van der Waals surface area (Å²) in [6.07, 6.45) is 2.23. The van der Waals surface area contributed by atoms with E-state index in [9.17, 15) is 9.18 Å². The number of nitrogens with zero attached hydrogens (tertiary/aromatic N) is 2. The third-order valence-electron chi connectivity index (χ3n) is 4.16. The van der Waals surface area contributed by atoms with Gasteiger partial charge in [0.25, 0.3) is 5.91 Å². The molecule has 0 saturated carbocycles. The zero-order chi connectivity index (χ0) is 18.5. The van der Waals surface area contributed by atoms with Gasteiger partial charge in [0.15, 0.2) is 0 Å². The second kappa shape index (κ2) is 7.82. The molecule has 3 rings (SSSR count). The summed E-state index contributed by atoms with van der Waals surface area (Å²) in [7, 11) is 1.63. The number of aromatic nitrogens is 2. The lowest BCUT2D eigenvalue weighted by Gasteiger charge is -2.07. The summed E-state index contributed by atoms with van der Waals surface area (Å²) in [5.41, 5.74) is 3.00. The Bertz CT molecular complexity index is 904. The number of amides is 1. The topological polar surface area (TPSA) is 56.1 Å². The molecule has 0 spiro atoms. The largest absolute Gasteiger partial charge is 0.497 e. The number of hydrogen-bond acceptors (Lipinski definition) is 3. The first kappa shape index (κ1) is 17.7. The Morgan fingerprint density at radius 1 is 1.23 bits per heavy atom. The zero-order valence-electron chi connectivity index (χ0n) is 14.7. The van der Waals surface area contributed by atoms with Crippen LogP contribution in [0.2, 0.25) is 0 Å². The van der Waals surface area contributed by atoms with Gasteiger partial charge >= 0.3 is 0 Å². The van der Waals surface area contributed by atoms with Crippen LogP contribution in [0.1, 0.15) is 21.6 Å². The SMILES string of the molecule is COc1cccc(CCNC(=O)c2cnn(-c3ccc(F)cc3)c2C)c1. The summed E-state index contributed by atoms with van der Waals surface area (Å²) in [6.45, 7) is 2.32. The molecule has 1 aromatic heterocycles. The molecule has 0 atom stereocenters. The molecule has 0 unspecified atom stereocenters. The van der Waals surface area contributed by atoms with E-state index in [0.717, 1.165) is 11.3 Å². The van der Waals surface area contributed by atoms with E-state index in [2.05, 4.69) is 10.4 Å². The highest BCUT2D eigenvalue weighted by atomic mass is 19.1. The van der Waals surface area contributed by atoms with Gasteiger partial charge in [0.05, 0.1) is 30.3 Å². The second-order valence-corrected chi connectivity index (χ2v) is 5.89. The molecule has 134 valence electrons. The number of rotatable bonds is 6. The zero-order valence-corrected chi connectivity index (χ0v) is 14.7. The highest BCUT2D eigenvalue weighted by Gasteiger charge is 2.14. The van der Waals surface area contributed by atoms with Crippen molar-refractivity contribution in [3.8, 4) is 11.4 Å². The Kier molecular flexibility index (Phi) is 5.31. The molecule has 1 amide bonds. The summed E-state index contributed by atoms with van der Waals surface area (Å²) in [5, 5.41) is 7.15. The molecular formula is C20H20FN3O2. The van der Waals surface area contributed by atoms with E-state index >= 15 is 0 Å². The maximum absolute atomic E-state index is 13.1. The van der Waals surface area contributed by atoms with E-state index in [-0.39, 0.29) is 11.7 Å². The molecule has 0 radical (unpaired) electrons.